The minimum Gasteiger partial charge on any atom is -0.506 e. The van der Waals surface area contributed by atoms with Crippen molar-refractivity contribution >= 4 is 15.9 Å². The van der Waals surface area contributed by atoms with Gasteiger partial charge >= 0.3 is 0 Å². The first kappa shape index (κ1) is 14.6. The number of para-hydroxylation sites is 1. The highest BCUT2D eigenvalue weighted by molar-refractivity contribution is 7.90. The lowest BCUT2D eigenvalue weighted by Crippen LogP contribution is -2.33. The number of hydrogen-bond donors (Lipinski definition) is 3. The van der Waals surface area contributed by atoms with Crippen LogP contribution in [0.15, 0.2) is 18.2 Å². The van der Waals surface area contributed by atoms with Crippen molar-refractivity contribution in [3.63, 3.8) is 0 Å². The number of rotatable bonds is 6. The van der Waals surface area contributed by atoms with Crippen molar-refractivity contribution in [3.8, 4) is 11.5 Å². The average Bonchev–Trinajstić information content (AvgIpc) is 2.29. The van der Waals surface area contributed by atoms with Crippen molar-refractivity contribution in [3.05, 3.63) is 18.2 Å². The third kappa shape index (κ3) is 4.08. The second kappa shape index (κ2) is 5.92. The molecular weight excluding hydrogens is 256 g/mol. The van der Waals surface area contributed by atoms with Crippen molar-refractivity contribution in [2.45, 2.75) is 13.8 Å². The van der Waals surface area contributed by atoms with Crippen LogP contribution in [0, 0.1) is 5.92 Å². The molecule has 0 radical (unpaired) electrons. The maximum absolute atomic E-state index is 11.7. The van der Waals surface area contributed by atoms with E-state index in [0.29, 0.717) is 6.54 Å². The van der Waals surface area contributed by atoms with E-state index in [1.807, 2.05) is 13.8 Å². The molecule has 1 aromatic carbocycles. The van der Waals surface area contributed by atoms with Gasteiger partial charge in [0.1, 0.15) is 17.2 Å². The Kier molecular flexibility index (Phi) is 4.80. The fourth-order valence-electron chi connectivity index (χ4n) is 1.24. The van der Waals surface area contributed by atoms with Crippen LogP contribution in [0.25, 0.3) is 0 Å². The van der Waals surface area contributed by atoms with Gasteiger partial charge in [-0.25, -0.2) is 0 Å². The highest BCUT2D eigenvalue weighted by Gasteiger charge is 2.16. The van der Waals surface area contributed by atoms with Crippen LogP contribution in [-0.2, 0) is 10.2 Å². The van der Waals surface area contributed by atoms with E-state index in [1.54, 1.807) is 12.1 Å². The Morgan fingerprint density at radius 1 is 1.39 bits per heavy atom. The molecule has 3 N–H and O–H groups in total. The van der Waals surface area contributed by atoms with Crippen LogP contribution >= 0.6 is 0 Å². The predicted octanol–water partition coefficient (Wildman–Crippen LogP) is 1.30. The Hall–Kier alpha value is -1.47. The van der Waals surface area contributed by atoms with Gasteiger partial charge in [-0.2, -0.15) is 13.1 Å². The van der Waals surface area contributed by atoms with Gasteiger partial charge in [0.05, 0.1) is 7.11 Å². The van der Waals surface area contributed by atoms with Crippen molar-refractivity contribution < 1.29 is 18.3 Å². The number of methoxy groups -OCH3 is 1. The van der Waals surface area contributed by atoms with Crippen molar-refractivity contribution in [2.75, 3.05) is 18.4 Å². The first-order chi connectivity index (χ1) is 8.35. The Balaban J connectivity index is 2.90. The van der Waals surface area contributed by atoms with E-state index in [4.69, 9.17) is 4.74 Å². The van der Waals surface area contributed by atoms with Gasteiger partial charge in [0.25, 0.3) is 10.2 Å². The van der Waals surface area contributed by atoms with E-state index in [2.05, 4.69) is 9.44 Å². The zero-order chi connectivity index (χ0) is 13.8. The fourth-order valence-corrected chi connectivity index (χ4v) is 2.34. The predicted molar refractivity (Wildman–Crippen MR) is 70.0 cm³/mol. The van der Waals surface area contributed by atoms with Gasteiger partial charge in [0, 0.05) is 6.54 Å². The lowest BCUT2D eigenvalue weighted by molar-refractivity contribution is 0.411. The SMILES string of the molecule is COc1cccc(O)c1NS(=O)(=O)NCC(C)C. The summed E-state index contributed by atoms with van der Waals surface area (Å²) in [5.74, 6) is 0.252. The fraction of sp³-hybridized carbons (Fsp3) is 0.455. The molecule has 6 nitrogen and oxygen atoms in total. The Morgan fingerprint density at radius 3 is 2.61 bits per heavy atom. The molecule has 102 valence electrons. The van der Waals surface area contributed by atoms with Crippen LogP contribution in [0.2, 0.25) is 0 Å². The van der Waals surface area contributed by atoms with Gasteiger partial charge in [0.15, 0.2) is 0 Å². The summed E-state index contributed by atoms with van der Waals surface area (Å²) in [4.78, 5) is 0. The number of phenols is 1. The summed E-state index contributed by atoms with van der Waals surface area (Å²) in [7, 11) is -2.33. The number of phenolic OH excluding ortho intramolecular Hbond substituents is 1. The maximum Gasteiger partial charge on any atom is 0.299 e. The third-order valence-corrected chi connectivity index (χ3v) is 3.16. The van der Waals surface area contributed by atoms with E-state index in [9.17, 15) is 13.5 Å². The monoisotopic (exact) mass is 274 g/mol. The van der Waals surface area contributed by atoms with E-state index in [-0.39, 0.29) is 23.1 Å². The molecule has 0 aliphatic carbocycles. The molecule has 0 atom stereocenters. The molecular formula is C11H18N2O4S. The van der Waals surface area contributed by atoms with Gasteiger partial charge in [0.2, 0.25) is 0 Å². The molecule has 0 aliphatic heterocycles. The van der Waals surface area contributed by atoms with Crippen molar-refractivity contribution in [1.82, 2.24) is 4.72 Å². The van der Waals surface area contributed by atoms with Gasteiger partial charge in [-0.05, 0) is 18.1 Å². The van der Waals surface area contributed by atoms with E-state index in [0.717, 1.165) is 0 Å². The lowest BCUT2D eigenvalue weighted by atomic mass is 10.2. The van der Waals surface area contributed by atoms with E-state index >= 15 is 0 Å². The maximum atomic E-state index is 11.7. The summed E-state index contributed by atoms with van der Waals surface area (Å²) in [6, 6.07) is 4.50. The van der Waals surface area contributed by atoms with Gasteiger partial charge < -0.3 is 9.84 Å². The summed E-state index contributed by atoms with van der Waals surface area (Å²) in [5.41, 5.74) is 0.0243. The largest absolute Gasteiger partial charge is 0.506 e. The molecule has 0 amide bonds. The Labute approximate surface area is 107 Å². The summed E-state index contributed by atoms with van der Waals surface area (Å²) in [6.45, 7) is 4.09. The van der Waals surface area contributed by atoms with Crippen LogP contribution in [0.1, 0.15) is 13.8 Å². The molecule has 0 aromatic heterocycles. The standard InChI is InChI=1S/C11H18N2O4S/c1-8(2)7-12-18(15,16)13-11-9(14)5-4-6-10(11)17-3/h4-6,8,12-14H,7H2,1-3H3. The Bertz CT molecular complexity index is 500. The van der Waals surface area contributed by atoms with Crippen molar-refractivity contribution in [1.29, 1.82) is 0 Å². The molecule has 0 unspecified atom stereocenters. The summed E-state index contributed by atoms with van der Waals surface area (Å²) in [5, 5.41) is 9.63. The second-order valence-electron chi connectivity index (χ2n) is 4.20. The highest BCUT2D eigenvalue weighted by atomic mass is 32.2. The van der Waals surface area contributed by atoms with Crippen LogP contribution in [0.3, 0.4) is 0 Å². The smallest absolute Gasteiger partial charge is 0.299 e. The molecule has 18 heavy (non-hydrogen) atoms. The van der Waals surface area contributed by atoms with Crippen LogP contribution in [0.4, 0.5) is 5.69 Å². The number of ether oxygens (including phenoxy) is 1. The molecule has 0 fully saturated rings. The molecule has 0 bridgehead atoms. The molecule has 0 saturated carbocycles. The second-order valence-corrected chi connectivity index (χ2v) is 5.70. The molecule has 7 heteroatoms. The van der Waals surface area contributed by atoms with E-state index in [1.165, 1.54) is 13.2 Å². The average molecular weight is 274 g/mol. The molecule has 0 heterocycles. The van der Waals surface area contributed by atoms with E-state index < -0.39 is 10.2 Å². The normalized spacial score (nSPS) is 11.6. The van der Waals surface area contributed by atoms with Crippen LogP contribution in [0.5, 0.6) is 11.5 Å². The topological polar surface area (TPSA) is 87.7 Å². The quantitative estimate of drug-likeness (QED) is 0.682. The molecule has 1 aromatic rings. The molecule has 0 spiro atoms. The number of anilines is 1. The Morgan fingerprint density at radius 2 is 2.06 bits per heavy atom. The van der Waals surface area contributed by atoms with Crippen LogP contribution < -0.4 is 14.2 Å². The summed E-state index contributed by atoms with van der Waals surface area (Å²) in [6.07, 6.45) is 0. The van der Waals surface area contributed by atoms with Crippen molar-refractivity contribution in [2.24, 2.45) is 5.92 Å². The summed E-state index contributed by atoms with van der Waals surface area (Å²) < 4.78 is 33.1. The minimum absolute atomic E-state index is 0.0243. The molecule has 0 saturated heterocycles. The van der Waals surface area contributed by atoms with Gasteiger partial charge in [-0.15, -0.1) is 0 Å². The zero-order valence-electron chi connectivity index (χ0n) is 10.6. The van der Waals surface area contributed by atoms with Gasteiger partial charge in [-0.3, -0.25) is 4.72 Å². The first-order valence-corrected chi connectivity index (χ1v) is 6.97. The number of hydrogen-bond acceptors (Lipinski definition) is 4. The minimum atomic E-state index is -3.72. The number of nitrogens with one attached hydrogen (secondary N) is 2. The third-order valence-electron chi connectivity index (χ3n) is 2.14. The zero-order valence-corrected chi connectivity index (χ0v) is 11.4. The highest BCUT2D eigenvalue weighted by Crippen LogP contribution is 2.33. The number of aromatic hydroxyl groups is 1. The summed E-state index contributed by atoms with van der Waals surface area (Å²) >= 11 is 0. The van der Waals surface area contributed by atoms with Gasteiger partial charge in [-0.1, -0.05) is 19.9 Å². The first-order valence-electron chi connectivity index (χ1n) is 5.49. The lowest BCUT2D eigenvalue weighted by Gasteiger charge is -2.14. The molecule has 1 rings (SSSR count). The van der Waals surface area contributed by atoms with Crippen LogP contribution in [-0.4, -0.2) is 27.2 Å². The number of benzene rings is 1. The molecule has 0 aliphatic rings.